The molecule has 0 aliphatic rings. The van der Waals surface area contributed by atoms with Gasteiger partial charge in [-0.3, -0.25) is 14.9 Å². The van der Waals surface area contributed by atoms with Gasteiger partial charge in [0, 0.05) is 32.0 Å². The molecule has 0 atom stereocenters. The number of aliphatic imine (C=N–C) groups is 1. The third-order valence-corrected chi connectivity index (χ3v) is 2.95. The van der Waals surface area contributed by atoms with Crippen molar-refractivity contribution in [3.63, 3.8) is 0 Å². The Hall–Kier alpha value is -1.94. The summed E-state index contributed by atoms with van der Waals surface area (Å²) in [6.45, 7) is 2.98. The van der Waals surface area contributed by atoms with Crippen molar-refractivity contribution >= 4 is 17.4 Å². The highest BCUT2D eigenvalue weighted by atomic mass is 32.1. The van der Waals surface area contributed by atoms with Gasteiger partial charge >= 0.3 is 0 Å². The van der Waals surface area contributed by atoms with Crippen LogP contribution in [0.15, 0.2) is 53.8 Å². The molecule has 2 rings (SSSR count). The van der Waals surface area contributed by atoms with Gasteiger partial charge < -0.3 is 0 Å². The second kappa shape index (κ2) is 8.27. The maximum absolute atomic E-state index is 4.60. The van der Waals surface area contributed by atoms with Crippen molar-refractivity contribution in [2.75, 3.05) is 13.1 Å². The number of rotatable bonds is 7. The summed E-state index contributed by atoms with van der Waals surface area (Å²) in [5.74, 6) is 0. The Morgan fingerprint density at radius 1 is 1.00 bits per heavy atom. The van der Waals surface area contributed by atoms with Crippen molar-refractivity contribution in [2.24, 2.45) is 4.99 Å². The molecule has 2 aromatic rings. The lowest BCUT2D eigenvalue weighted by Crippen LogP contribution is -2.26. The number of isothiocyanates is 1. The first-order valence-corrected chi connectivity index (χ1v) is 6.85. The minimum Gasteiger partial charge on any atom is -0.290 e. The van der Waals surface area contributed by atoms with Gasteiger partial charge in [-0.2, -0.15) is 0 Å². The Morgan fingerprint density at radius 3 is 2.05 bits per heavy atom. The van der Waals surface area contributed by atoms with Gasteiger partial charge in [0.25, 0.3) is 0 Å². The highest BCUT2D eigenvalue weighted by Gasteiger charge is 2.08. The van der Waals surface area contributed by atoms with Gasteiger partial charge in [0.1, 0.15) is 0 Å². The third kappa shape index (κ3) is 4.97. The lowest BCUT2D eigenvalue weighted by Gasteiger charge is -2.20. The van der Waals surface area contributed by atoms with Crippen LogP contribution in [0.25, 0.3) is 0 Å². The normalized spacial score (nSPS) is 10.2. The minimum atomic E-state index is 0.642. The number of nitrogens with zero attached hydrogens (tertiary/aromatic N) is 4. The van der Waals surface area contributed by atoms with Gasteiger partial charge in [0.05, 0.1) is 23.1 Å². The third-order valence-electron chi connectivity index (χ3n) is 2.82. The number of hydrogen-bond acceptors (Lipinski definition) is 5. The van der Waals surface area contributed by atoms with E-state index in [1.54, 1.807) is 0 Å². The largest absolute Gasteiger partial charge is 0.290 e. The van der Waals surface area contributed by atoms with Crippen LogP contribution >= 0.6 is 12.2 Å². The van der Waals surface area contributed by atoms with E-state index in [1.165, 1.54) is 0 Å². The van der Waals surface area contributed by atoms with E-state index >= 15 is 0 Å². The molecule has 2 heterocycles. The summed E-state index contributed by atoms with van der Waals surface area (Å²) in [5, 5.41) is 2.40. The molecule has 0 aliphatic heterocycles. The van der Waals surface area contributed by atoms with Crippen LogP contribution in [0, 0.1) is 0 Å². The first-order chi connectivity index (χ1) is 9.88. The molecule has 0 unspecified atom stereocenters. The molecule has 0 saturated heterocycles. The second-order valence-electron chi connectivity index (χ2n) is 4.33. The van der Waals surface area contributed by atoms with Gasteiger partial charge in [-0.05, 0) is 36.5 Å². The van der Waals surface area contributed by atoms with Crippen LogP contribution in [-0.2, 0) is 13.1 Å². The topological polar surface area (TPSA) is 41.4 Å². The Kier molecular flexibility index (Phi) is 5.99. The van der Waals surface area contributed by atoms with Gasteiger partial charge in [-0.25, -0.2) is 4.99 Å². The Bertz CT molecular complexity index is 511. The number of aromatic nitrogens is 2. The summed E-state index contributed by atoms with van der Waals surface area (Å²) < 4.78 is 0. The standard InChI is InChI=1S/C15H16N4S/c20-13-16-9-10-19(11-14-5-1-3-7-17-14)12-15-6-2-4-8-18-15/h1-8H,9-12H2. The Balaban J connectivity index is 2.02. The van der Waals surface area contributed by atoms with E-state index in [0.29, 0.717) is 6.54 Å². The smallest absolute Gasteiger partial charge is 0.0620 e. The SMILES string of the molecule is S=C=NCCN(Cc1ccccn1)Cc1ccccn1. The van der Waals surface area contributed by atoms with Crippen molar-refractivity contribution in [2.45, 2.75) is 13.1 Å². The van der Waals surface area contributed by atoms with Gasteiger partial charge in [-0.15, -0.1) is 0 Å². The fourth-order valence-electron chi connectivity index (χ4n) is 1.89. The van der Waals surface area contributed by atoms with Crippen molar-refractivity contribution in [3.05, 3.63) is 60.2 Å². The van der Waals surface area contributed by atoms with Crippen molar-refractivity contribution in [3.8, 4) is 0 Å². The molecule has 5 heteroatoms. The van der Waals surface area contributed by atoms with Crippen LogP contribution in [0.1, 0.15) is 11.4 Å². The summed E-state index contributed by atoms with van der Waals surface area (Å²) >= 11 is 4.60. The summed E-state index contributed by atoms with van der Waals surface area (Å²) in [4.78, 5) is 14.9. The van der Waals surface area contributed by atoms with Crippen molar-refractivity contribution in [1.82, 2.24) is 14.9 Å². The van der Waals surface area contributed by atoms with E-state index in [4.69, 9.17) is 0 Å². The van der Waals surface area contributed by atoms with Crippen LogP contribution in [-0.4, -0.2) is 33.1 Å². The average Bonchev–Trinajstić information content (AvgIpc) is 2.49. The maximum atomic E-state index is 4.60. The summed E-state index contributed by atoms with van der Waals surface area (Å²) in [6.07, 6.45) is 3.62. The highest BCUT2D eigenvalue weighted by molar-refractivity contribution is 7.78. The lowest BCUT2D eigenvalue weighted by molar-refractivity contribution is 0.258. The second-order valence-corrected chi connectivity index (χ2v) is 4.51. The molecule has 0 fully saturated rings. The van der Waals surface area contributed by atoms with E-state index in [-0.39, 0.29) is 0 Å². The van der Waals surface area contributed by atoms with Gasteiger partial charge in [-0.1, -0.05) is 12.1 Å². The molecule has 2 aromatic heterocycles. The number of pyridine rings is 2. The van der Waals surface area contributed by atoms with E-state index in [9.17, 15) is 0 Å². The minimum absolute atomic E-state index is 0.642. The molecule has 0 bridgehead atoms. The average molecular weight is 284 g/mol. The fourth-order valence-corrected chi connectivity index (χ4v) is 1.98. The van der Waals surface area contributed by atoms with Crippen LogP contribution in [0.2, 0.25) is 0 Å². The van der Waals surface area contributed by atoms with Gasteiger partial charge in [0.2, 0.25) is 0 Å². The molecule has 0 N–H and O–H groups in total. The van der Waals surface area contributed by atoms with E-state index < -0.39 is 0 Å². The van der Waals surface area contributed by atoms with Crippen molar-refractivity contribution < 1.29 is 0 Å². The summed E-state index contributed by atoms with van der Waals surface area (Å²) in [7, 11) is 0. The van der Waals surface area contributed by atoms with Crippen LogP contribution < -0.4 is 0 Å². The maximum Gasteiger partial charge on any atom is 0.0620 e. The van der Waals surface area contributed by atoms with Crippen LogP contribution in [0.3, 0.4) is 0 Å². The molecule has 0 aliphatic carbocycles. The molecule has 0 amide bonds. The summed E-state index contributed by atoms with van der Waals surface area (Å²) in [6, 6.07) is 11.9. The zero-order valence-corrected chi connectivity index (χ0v) is 12.0. The predicted molar refractivity (Wildman–Crippen MR) is 82.5 cm³/mol. The first-order valence-electron chi connectivity index (χ1n) is 6.44. The molecule has 20 heavy (non-hydrogen) atoms. The van der Waals surface area contributed by atoms with E-state index in [1.807, 2.05) is 48.8 Å². The monoisotopic (exact) mass is 284 g/mol. The predicted octanol–water partition coefficient (Wildman–Crippen LogP) is 2.58. The lowest BCUT2D eigenvalue weighted by atomic mass is 10.3. The molecular formula is C15H16N4S. The van der Waals surface area contributed by atoms with Crippen molar-refractivity contribution in [1.29, 1.82) is 0 Å². The zero-order chi connectivity index (χ0) is 14.0. The van der Waals surface area contributed by atoms with Crippen LogP contribution in [0.5, 0.6) is 0 Å². The van der Waals surface area contributed by atoms with E-state index in [0.717, 1.165) is 31.0 Å². The Labute approximate surface area is 124 Å². The van der Waals surface area contributed by atoms with Crippen LogP contribution in [0.4, 0.5) is 0 Å². The number of hydrogen-bond donors (Lipinski definition) is 0. The summed E-state index contributed by atoms with van der Waals surface area (Å²) in [5.41, 5.74) is 2.07. The van der Waals surface area contributed by atoms with Gasteiger partial charge in [0.15, 0.2) is 0 Å². The molecule has 0 aromatic carbocycles. The number of thiocarbonyl (C=S) groups is 1. The molecular weight excluding hydrogens is 268 g/mol. The Morgan fingerprint density at radius 2 is 1.60 bits per heavy atom. The zero-order valence-electron chi connectivity index (χ0n) is 11.1. The molecule has 0 radical (unpaired) electrons. The highest BCUT2D eigenvalue weighted by Crippen LogP contribution is 2.06. The first kappa shape index (κ1) is 14.5. The fraction of sp³-hybridized carbons (Fsp3) is 0.267. The van der Waals surface area contributed by atoms with E-state index in [2.05, 4.69) is 37.2 Å². The molecule has 102 valence electrons. The molecule has 0 spiro atoms. The molecule has 4 nitrogen and oxygen atoms in total. The molecule has 0 saturated carbocycles. The quantitative estimate of drug-likeness (QED) is 0.579.